The number of esters is 1. The average molecular weight is 433 g/mol. The fourth-order valence-corrected chi connectivity index (χ4v) is 4.21. The topological polar surface area (TPSA) is 94.6 Å². The lowest BCUT2D eigenvalue weighted by atomic mass is 9.88. The summed E-state index contributed by atoms with van der Waals surface area (Å²) in [4.78, 5) is 13.5. The highest BCUT2D eigenvalue weighted by molar-refractivity contribution is 7.10. The van der Waals surface area contributed by atoms with Crippen LogP contribution in [-0.2, 0) is 0 Å². The molecule has 7 heteroatoms. The van der Waals surface area contributed by atoms with Gasteiger partial charge in [-0.15, -0.1) is 11.3 Å². The average Bonchev–Trinajstić information content (AvgIpc) is 3.27. The summed E-state index contributed by atoms with van der Waals surface area (Å²) in [5.41, 5.74) is 7.57. The number of nitrogens with zero attached hydrogens (tertiary/aromatic N) is 1. The van der Waals surface area contributed by atoms with Gasteiger partial charge in [-0.2, -0.15) is 5.26 Å². The van der Waals surface area contributed by atoms with Crippen molar-refractivity contribution in [2.24, 2.45) is 5.73 Å². The van der Waals surface area contributed by atoms with Crippen LogP contribution in [0.15, 0.2) is 71.4 Å². The van der Waals surface area contributed by atoms with Crippen LogP contribution in [0.1, 0.15) is 40.6 Å². The van der Waals surface area contributed by atoms with E-state index in [1.54, 1.807) is 42.5 Å². The summed E-state index contributed by atoms with van der Waals surface area (Å²) in [7, 11) is 0. The minimum Gasteiger partial charge on any atom is -0.491 e. The third kappa shape index (κ3) is 4.25. The summed E-state index contributed by atoms with van der Waals surface area (Å²) < 4.78 is 16.8. The fraction of sp³-hybridized carbons (Fsp3) is 0.167. The Hall–Kier alpha value is -3.76. The summed E-state index contributed by atoms with van der Waals surface area (Å²) >= 11 is 1.54. The van der Waals surface area contributed by atoms with Gasteiger partial charge in [0.05, 0.1) is 17.6 Å². The second-order valence-corrected chi connectivity index (χ2v) is 8.20. The summed E-state index contributed by atoms with van der Waals surface area (Å²) in [5, 5.41) is 11.5. The van der Waals surface area contributed by atoms with Crippen molar-refractivity contribution in [2.45, 2.75) is 25.9 Å². The van der Waals surface area contributed by atoms with Gasteiger partial charge in [0.2, 0.25) is 5.88 Å². The minimum atomic E-state index is -0.497. The maximum Gasteiger partial charge on any atom is 0.343 e. The molecule has 1 atom stereocenters. The first-order chi connectivity index (χ1) is 15.0. The SMILES string of the molecule is CC(C)Oc1ccc(C(=O)Oc2ccc3c(c2)OC(N)=C(C#N)C3c2cccs2)cc1. The van der Waals surface area contributed by atoms with Crippen molar-refractivity contribution in [3.05, 3.63) is 87.4 Å². The Morgan fingerprint density at radius 3 is 2.55 bits per heavy atom. The van der Waals surface area contributed by atoms with Crippen LogP contribution in [0, 0.1) is 11.3 Å². The molecule has 1 aromatic heterocycles. The van der Waals surface area contributed by atoms with E-state index in [1.165, 1.54) is 11.3 Å². The molecule has 2 heterocycles. The molecule has 2 N–H and O–H groups in total. The van der Waals surface area contributed by atoms with E-state index in [0.717, 1.165) is 10.4 Å². The summed E-state index contributed by atoms with van der Waals surface area (Å²) in [6.45, 7) is 3.87. The van der Waals surface area contributed by atoms with Gasteiger partial charge in [0.15, 0.2) is 0 Å². The van der Waals surface area contributed by atoms with Crippen LogP contribution in [0.5, 0.6) is 17.2 Å². The molecule has 0 saturated carbocycles. The van der Waals surface area contributed by atoms with Gasteiger partial charge in [0, 0.05) is 16.5 Å². The van der Waals surface area contributed by atoms with Gasteiger partial charge in [-0.25, -0.2) is 4.79 Å². The van der Waals surface area contributed by atoms with Crippen LogP contribution < -0.4 is 19.9 Å². The lowest BCUT2D eigenvalue weighted by molar-refractivity contribution is 0.0734. The Morgan fingerprint density at radius 1 is 1.16 bits per heavy atom. The molecule has 3 aromatic rings. The molecule has 1 aliphatic rings. The van der Waals surface area contributed by atoms with E-state index < -0.39 is 5.97 Å². The van der Waals surface area contributed by atoms with Crippen molar-refractivity contribution >= 4 is 17.3 Å². The quantitative estimate of drug-likeness (QED) is 0.452. The summed E-state index contributed by atoms with van der Waals surface area (Å²) in [5.74, 6) is 0.710. The number of rotatable bonds is 5. The normalized spacial score (nSPS) is 15.1. The molecule has 0 fully saturated rings. The zero-order valence-corrected chi connectivity index (χ0v) is 17.8. The largest absolute Gasteiger partial charge is 0.491 e. The van der Waals surface area contributed by atoms with Crippen molar-refractivity contribution in [2.75, 3.05) is 0 Å². The maximum absolute atomic E-state index is 12.6. The summed E-state index contributed by atoms with van der Waals surface area (Å²) in [6, 6.07) is 17.9. The number of ether oxygens (including phenoxy) is 3. The minimum absolute atomic E-state index is 0.0503. The molecular formula is C24H20N2O4S. The molecule has 0 spiro atoms. The number of hydrogen-bond acceptors (Lipinski definition) is 7. The Kier molecular flexibility index (Phi) is 5.65. The van der Waals surface area contributed by atoms with Crippen molar-refractivity contribution in [1.29, 1.82) is 5.26 Å². The first kappa shape index (κ1) is 20.5. The fourth-order valence-electron chi connectivity index (χ4n) is 3.35. The van der Waals surface area contributed by atoms with Gasteiger partial charge >= 0.3 is 5.97 Å². The number of hydrogen-bond donors (Lipinski definition) is 1. The zero-order chi connectivity index (χ0) is 22.0. The number of thiophene rings is 1. The first-order valence-electron chi connectivity index (χ1n) is 9.70. The molecule has 0 amide bonds. The van der Waals surface area contributed by atoms with Crippen LogP contribution in [0.4, 0.5) is 0 Å². The first-order valence-corrected chi connectivity index (χ1v) is 10.6. The van der Waals surface area contributed by atoms with E-state index in [0.29, 0.717) is 28.4 Å². The third-order valence-corrected chi connectivity index (χ3v) is 5.63. The molecule has 0 aliphatic carbocycles. The molecule has 0 radical (unpaired) electrons. The predicted octanol–water partition coefficient (Wildman–Crippen LogP) is 4.97. The van der Waals surface area contributed by atoms with Gasteiger partial charge in [-0.3, -0.25) is 0 Å². The van der Waals surface area contributed by atoms with Crippen molar-refractivity contribution in [3.8, 4) is 23.3 Å². The van der Waals surface area contributed by atoms with Gasteiger partial charge in [0.25, 0.3) is 0 Å². The summed E-state index contributed by atoms with van der Waals surface area (Å²) in [6.07, 6.45) is 0.0503. The van der Waals surface area contributed by atoms with E-state index in [9.17, 15) is 10.1 Å². The van der Waals surface area contributed by atoms with Crippen LogP contribution in [0.2, 0.25) is 0 Å². The highest BCUT2D eigenvalue weighted by Crippen LogP contribution is 2.44. The number of nitrogens with two attached hydrogens (primary N) is 1. The molecule has 1 aliphatic heterocycles. The second kappa shape index (κ2) is 8.54. The van der Waals surface area contributed by atoms with Crippen LogP contribution in [0.3, 0.4) is 0 Å². The highest BCUT2D eigenvalue weighted by atomic mass is 32.1. The number of fused-ring (bicyclic) bond motifs is 1. The van der Waals surface area contributed by atoms with Gasteiger partial charge < -0.3 is 19.9 Å². The molecule has 2 aromatic carbocycles. The van der Waals surface area contributed by atoms with Crippen LogP contribution in [0.25, 0.3) is 0 Å². The van der Waals surface area contributed by atoms with Crippen LogP contribution >= 0.6 is 11.3 Å². The van der Waals surface area contributed by atoms with Crippen LogP contribution in [-0.4, -0.2) is 12.1 Å². The molecular weight excluding hydrogens is 412 g/mol. The molecule has 4 rings (SSSR count). The zero-order valence-electron chi connectivity index (χ0n) is 17.0. The second-order valence-electron chi connectivity index (χ2n) is 7.22. The number of carbonyl (C=O) groups is 1. The van der Waals surface area contributed by atoms with Gasteiger partial charge in [-0.05, 0) is 55.6 Å². The standard InChI is InChI=1S/C24H20N2O4S/c1-14(2)28-16-7-5-15(6-8-16)24(27)29-17-9-10-18-20(12-17)30-23(26)19(13-25)22(18)21-4-3-11-31-21/h3-12,14,22H,26H2,1-2H3. The predicted molar refractivity (Wildman–Crippen MR) is 117 cm³/mol. The lowest BCUT2D eigenvalue weighted by Gasteiger charge is -2.25. The van der Waals surface area contributed by atoms with Gasteiger partial charge in [0.1, 0.15) is 28.9 Å². The number of nitriles is 1. The Labute approximate surface area is 184 Å². The Balaban J connectivity index is 1.58. The van der Waals surface area contributed by atoms with Crippen molar-refractivity contribution < 1.29 is 19.0 Å². The molecule has 0 bridgehead atoms. The number of benzene rings is 2. The van der Waals surface area contributed by atoms with E-state index >= 15 is 0 Å². The monoisotopic (exact) mass is 432 g/mol. The van der Waals surface area contributed by atoms with Crippen molar-refractivity contribution in [1.82, 2.24) is 0 Å². The molecule has 1 unspecified atom stereocenters. The number of carbonyl (C=O) groups excluding carboxylic acids is 1. The number of allylic oxidation sites excluding steroid dienone is 1. The molecule has 6 nitrogen and oxygen atoms in total. The Bertz CT molecular complexity index is 1180. The van der Waals surface area contributed by atoms with E-state index in [2.05, 4.69) is 6.07 Å². The maximum atomic E-state index is 12.6. The van der Waals surface area contributed by atoms with E-state index in [4.69, 9.17) is 19.9 Å². The molecule has 0 saturated heterocycles. The van der Waals surface area contributed by atoms with E-state index in [1.807, 2.05) is 31.4 Å². The lowest BCUT2D eigenvalue weighted by Crippen LogP contribution is -2.20. The molecule has 31 heavy (non-hydrogen) atoms. The van der Waals surface area contributed by atoms with Gasteiger partial charge in [-0.1, -0.05) is 12.1 Å². The smallest absolute Gasteiger partial charge is 0.343 e. The third-order valence-electron chi connectivity index (χ3n) is 4.69. The van der Waals surface area contributed by atoms with E-state index in [-0.39, 0.29) is 17.9 Å². The Morgan fingerprint density at radius 2 is 1.90 bits per heavy atom. The van der Waals surface area contributed by atoms with Crippen molar-refractivity contribution in [3.63, 3.8) is 0 Å². The molecule has 156 valence electrons. The highest BCUT2D eigenvalue weighted by Gasteiger charge is 2.31.